The van der Waals surface area contributed by atoms with E-state index in [4.69, 9.17) is 9.47 Å². The Hall–Kier alpha value is -2.86. The number of aryl methyl sites for hydroxylation is 1. The maximum atomic E-state index is 12.4. The number of aliphatic hydroxyl groups excluding tert-OH is 1. The molecule has 0 aliphatic rings. The molecule has 0 heterocycles. The fourth-order valence-corrected chi connectivity index (χ4v) is 2.82. The highest BCUT2D eigenvalue weighted by molar-refractivity contribution is 5.80. The Morgan fingerprint density at radius 3 is 2.27 bits per heavy atom. The third kappa shape index (κ3) is 6.88. The molecule has 2 rings (SSSR count). The first kappa shape index (κ1) is 23.4. The van der Waals surface area contributed by atoms with Gasteiger partial charge in [0.25, 0.3) is 0 Å². The second kappa shape index (κ2) is 9.76. The number of carbonyl (C=O) groups is 2. The van der Waals surface area contributed by atoms with E-state index in [2.05, 4.69) is 0 Å². The quantitative estimate of drug-likeness (QED) is 0.553. The maximum absolute atomic E-state index is 12.4. The molecule has 0 spiro atoms. The lowest BCUT2D eigenvalue weighted by molar-refractivity contribution is -0.135. The largest absolute Gasteiger partial charge is 0.444 e. The number of aliphatic hydroxyl groups is 1. The summed E-state index contributed by atoms with van der Waals surface area (Å²) in [6.45, 7) is 9.23. The van der Waals surface area contributed by atoms with E-state index in [1.165, 1.54) is 4.90 Å². The fraction of sp³-hybridized carbons (Fsp3) is 0.417. The van der Waals surface area contributed by atoms with Crippen LogP contribution in [0.5, 0.6) is 5.75 Å². The van der Waals surface area contributed by atoms with Gasteiger partial charge in [-0.15, -0.1) is 0 Å². The summed E-state index contributed by atoms with van der Waals surface area (Å²) in [7, 11) is 1.57. The summed E-state index contributed by atoms with van der Waals surface area (Å²) in [5, 5.41) is 10.4. The van der Waals surface area contributed by atoms with E-state index in [-0.39, 0.29) is 12.5 Å². The van der Waals surface area contributed by atoms with Crippen molar-refractivity contribution in [3.8, 4) is 5.75 Å². The number of likely N-dealkylation sites (N-methyl/N-ethyl adjacent to an activating group) is 1. The molecule has 0 aliphatic heterocycles. The summed E-state index contributed by atoms with van der Waals surface area (Å²) in [4.78, 5) is 25.8. The van der Waals surface area contributed by atoms with Gasteiger partial charge in [-0.05, 0) is 57.9 Å². The van der Waals surface area contributed by atoms with Gasteiger partial charge in [0.15, 0.2) is 0 Å². The van der Waals surface area contributed by atoms with Crippen LogP contribution in [0.15, 0.2) is 48.5 Å². The number of rotatable bonds is 6. The molecule has 2 atom stereocenters. The van der Waals surface area contributed by atoms with Gasteiger partial charge in [-0.2, -0.15) is 0 Å². The smallest absolute Gasteiger partial charge is 0.410 e. The van der Waals surface area contributed by atoms with Crippen LogP contribution in [-0.2, 0) is 9.53 Å². The lowest BCUT2D eigenvalue weighted by Gasteiger charge is -2.26. The Morgan fingerprint density at radius 2 is 1.70 bits per heavy atom. The van der Waals surface area contributed by atoms with Crippen molar-refractivity contribution >= 4 is 12.1 Å². The third-order valence-corrected chi connectivity index (χ3v) is 4.53. The number of benzene rings is 2. The van der Waals surface area contributed by atoms with Crippen molar-refractivity contribution in [1.82, 2.24) is 4.90 Å². The van der Waals surface area contributed by atoms with Gasteiger partial charge in [0.1, 0.15) is 11.4 Å². The van der Waals surface area contributed by atoms with E-state index >= 15 is 0 Å². The SMILES string of the molecule is Cc1cccc(C(C)C(=O)Oc2ccc(C(O)CN(C)C(=O)OC(C)(C)C)cc2)c1. The van der Waals surface area contributed by atoms with Gasteiger partial charge in [-0.3, -0.25) is 4.79 Å². The monoisotopic (exact) mass is 413 g/mol. The normalized spacial score (nSPS) is 13.3. The Balaban J connectivity index is 1.95. The van der Waals surface area contributed by atoms with Crippen molar-refractivity contribution in [3.05, 3.63) is 65.2 Å². The van der Waals surface area contributed by atoms with E-state index in [1.54, 1.807) is 52.1 Å². The molecular formula is C24H31NO5. The first-order chi connectivity index (χ1) is 14.0. The molecule has 2 aromatic carbocycles. The topological polar surface area (TPSA) is 76.1 Å². The van der Waals surface area contributed by atoms with Crippen molar-refractivity contribution < 1.29 is 24.2 Å². The van der Waals surface area contributed by atoms with Crippen molar-refractivity contribution in [2.45, 2.75) is 52.2 Å². The first-order valence-corrected chi connectivity index (χ1v) is 9.96. The van der Waals surface area contributed by atoms with Crippen LogP contribution in [0, 0.1) is 6.92 Å². The molecule has 0 radical (unpaired) electrons. The molecule has 1 N–H and O–H groups in total. The Labute approximate surface area is 178 Å². The zero-order valence-corrected chi connectivity index (χ0v) is 18.5. The summed E-state index contributed by atoms with van der Waals surface area (Å²) < 4.78 is 10.8. The van der Waals surface area contributed by atoms with E-state index in [0.29, 0.717) is 11.3 Å². The van der Waals surface area contributed by atoms with Gasteiger partial charge >= 0.3 is 12.1 Å². The predicted octanol–water partition coefficient (Wildman–Crippen LogP) is 4.60. The molecule has 0 aliphatic carbocycles. The van der Waals surface area contributed by atoms with E-state index in [0.717, 1.165) is 11.1 Å². The Kier molecular flexibility index (Phi) is 7.62. The number of ether oxygens (including phenoxy) is 2. The summed E-state index contributed by atoms with van der Waals surface area (Å²) in [5.41, 5.74) is 1.99. The molecule has 2 aromatic rings. The van der Waals surface area contributed by atoms with Crippen LogP contribution in [0.3, 0.4) is 0 Å². The van der Waals surface area contributed by atoms with E-state index < -0.39 is 23.7 Å². The first-order valence-electron chi connectivity index (χ1n) is 9.96. The molecule has 30 heavy (non-hydrogen) atoms. The molecule has 0 saturated heterocycles. The van der Waals surface area contributed by atoms with Crippen LogP contribution in [0.4, 0.5) is 4.79 Å². The second-order valence-corrected chi connectivity index (χ2v) is 8.50. The lowest BCUT2D eigenvalue weighted by atomic mass is 10.00. The van der Waals surface area contributed by atoms with Crippen LogP contribution >= 0.6 is 0 Å². The Bertz CT molecular complexity index is 870. The zero-order chi connectivity index (χ0) is 22.5. The molecule has 0 saturated carbocycles. The number of carbonyl (C=O) groups excluding carboxylic acids is 2. The van der Waals surface area contributed by atoms with Crippen molar-refractivity contribution in [1.29, 1.82) is 0 Å². The summed E-state index contributed by atoms with van der Waals surface area (Å²) in [5.74, 6) is -0.341. The van der Waals surface area contributed by atoms with Crippen LogP contribution in [0.1, 0.15) is 56.4 Å². The van der Waals surface area contributed by atoms with Crippen molar-refractivity contribution in [2.75, 3.05) is 13.6 Å². The van der Waals surface area contributed by atoms with Crippen LogP contribution in [0.25, 0.3) is 0 Å². The lowest BCUT2D eigenvalue weighted by Crippen LogP contribution is -2.36. The van der Waals surface area contributed by atoms with Crippen molar-refractivity contribution in [3.63, 3.8) is 0 Å². The van der Waals surface area contributed by atoms with Gasteiger partial charge in [-0.25, -0.2) is 4.79 Å². The Morgan fingerprint density at radius 1 is 1.07 bits per heavy atom. The molecule has 2 unspecified atom stereocenters. The predicted molar refractivity (Wildman–Crippen MR) is 115 cm³/mol. The molecule has 6 nitrogen and oxygen atoms in total. The minimum atomic E-state index is -0.890. The number of nitrogens with zero attached hydrogens (tertiary/aromatic N) is 1. The highest BCUT2D eigenvalue weighted by atomic mass is 16.6. The maximum Gasteiger partial charge on any atom is 0.410 e. The standard InChI is InChI=1S/C24H31NO5/c1-16-8-7-9-19(14-16)17(2)22(27)29-20-12-10-18(11-13-20)21(26)15-25(6)23(28)30-24(3,4)5/h7-14,17,21,26H,15H2,1-6H3. The van der Waals surface area contributed by atoms with E-state index in [1.807, 2.05) is 38.1 Å². The van der Waals surface area contributed by atoms with Gasteiger partial charge in [0.2, 0.25) is 0 Å². The number of hydrogen-bond acceptors (Lipinski definition) is 5. The summed E-state index contributed by atoms with van der Waals surface area (Å²) >= 11 is 0. The molecule has 6 heteroatoms. The number of amides is 1. The van der Waals surface area contributed by atoms with Crippen LogP contribution < -0.4 is 4.74 Å². The molecule has 1 amide bonds. The number of esters is 1. The molecular weight excluding hydrogens is 382 g/mol. The average Bonchev–Trinajstić information content (AvgIpc) is 2.66. The molecule has 0 bridgehead atoms. The summed E-state index contributed by atoms with van der Waals surface area (Å²) in [6.07, 6.45) is -1.39. The summed E-state index contributed by atoms with van der Waals surface area (Å²) in [6, 6.07) is 14.4. The fourth-order valence-electron chi connectivity index (χ4n) is 2.82. The minimum absolute atomic E-state index is 0.0818. The average molecular weight is 414 g/mol. The van der Waals surface area contributed by atoms with Crippen molar-refractivity contribution in [2.24, 2.45) is 0 Å². The third-order valence-electron chi connectivity index (χ3n) is 4.53. The van der Waals surface area contributed by atoms with Gasteiger partial charge < -0.3 is 19.5 Å². The zero-order valence-electron chi connectivity index (χ0n) is 18.5. The highest BCUT2D eigenvalue weighted by Gasteiger charge is 2.22. The van der Waals surface area contributed by atoms with Crippen LogP contribution in [-0.4, -0.2) is 41.3 Å². The molecule has 0 aromatic heterocycles. The molecule has 0 fully saturated rings. The van der Waals surface area contributed by atoms with Gasteiger partial charge in [0.05, 0.1) is 18.6 Å². The van der Waals surface area contributed by atoms with Gasteiger partial charge in [0, 0.05) is 7.05 Å². The highest BCUT2D eigenvalue weighted by Crippen LogP contribution is 2.23. The van der Waals surface area contributed by atoms with E-state index in [9.17, 15) is 14.7 Å². The second-order valence-electron chi connectivity index (χ2n) is 8.50. The number of hydrogen-bond donors (Lipinski definition) is 1. The van der Waals surface area contributed by atoms with Gasteiger partial charge in [-0.1, -0.05) is 42.0 Å². The minimum Gasteiger partial charge on any atom is -0.444 e. The van der Waals surface area contributed by atoms with Crippen LogP contribution in [0.2, 0.25) is 0 Å². The molecule has 162 valence electrons.